The predicted molar refractivity (Wildman–Crippen MR) is 104 cm³/mol. The number of hydrogen-bond acceptors (Lipinski definition) is 5. The first-order chi connectivity index (χ1) is 12.7. The Bertz CT molecular complexity index is 882. The molecule has 1 heterocycles. The van der Waals surface area contributed by atoms with Gasteiger partial charge in [-0.1, -0.05) is 30.3 Å². The molecule has 0 aliphatic heterocycles. The van der Waals surface area contributed by atoms with E-state index in [-0.39, 0.29) is 0 Å². The molecule has 0 saturated carbocycles. The van der Waals surface area contributed by atoms with Crippen molar-refractivity contribution in [1.29, 1.82) is 5.26 Å². The third-order valence-electron chi connectivity index (χ3n) is 4.02. The number of hydrogen-bond donors (Lipinski definition) is 1. The summed E-state index contributed by atoms with van der Waals surface area (Å²) < 4.78 is 0. The molecule has 1 N–H and O–H groups in total. The first-order valence-electron chi connectivity index (χ1n) is 8.56. The van der Waals surface area contributed by atoms with E-state index in [1.165, 1.54) is 5.56 Å². The van der Waals surface area contributed by atoms with E-state index < -0.39 is 0 Å². The lowest BCUT2D eigenvalue weighted by atomic mass is 10.2. The highest BCUT2D eigenvalue weighted by Gasteiger charge is 2.13. The maximum atomic E-state index is 8.89. The van der Waals surface area contributed by atoms with E-state index in [0.717, 1.165) is 18.1 Å². The lowest BCUT2D eigenvalue weighted by Crippen LogP contribution is -2.31. The van der Waals surface area contributed by atoms with Gasteiger partial charge in [0, 0.05) is 24.5 Å². The van der Waals surface area contributed by atoms with E-state index in [9.17, 15) is 0 Å². The minimum Gasteiger partial charge on any atom is -0.350 e. The number of benzene rings is 2. The van der Waals surface area contributed by atoms with Gasteiger partial charge in [0.2, 0.25) is 5.95 Å². The number of nitriles is 1. The molecule has 5 nitrogen and oxygen atoms in total. The van der Waals surface area contributed by atoms with Gasteiger partial charge in [-0.25, -0.2) is 4.98 Å². The van der Waals surface area contributed by atoms with E-state index in [1.54, 1.807) is 18.3 Å². The van der Waals surface area contributed by atoms with Gasteiger partial charge < -0.3 is 10.2 Å². The Morgan fingerprint density at radius 2 is 1.77 bits per heavy atom. The quantitative estimate of drug-likeness (QED) is 0.713. The SMILES string of the molecule is CC(C)N(Cc1ccccc1)c1ccnc(Nc2ccc(C#N)cc2)n1. The van der Waals surface area contributed by atoms with Crippen LogP contribution in [0.5, 0.6) is 0 Å². The molecular weight excluding hydrogens is 322 g/mol. The van der Waals surface area contributed by atoms with Gasteiger partial charge in [0.1, 0.15) is 5.82 Å². The normalized spacial score (nSPS) is 10.4. The molecule has 0 bridgehead atoms. The molecule has 2 aromatic carbocycles. The molecule has 0 saturated heterocycles. The highest BCUT2D eigenvalue weighted by Crippen LogP contribution is 2.20. The standard InChI is InChI=1S/C21H21N5/c1-16(2)26(15-18-6-4-3-5-7-18)20-12-13-23-21(25-20)24-19-10-8-17(14-22)9-11-19/h3-13,16H,15H2,1-2H3,(H,23,24,25). The van der Waals surface area contributed by atoms with Gasteiger partial charge >= 0.3 is 0 Å². The number of rotatable bonds is 6. The highest BCUT2D eigenvalue weighted by atomic mass is 15.2. The summed E-state index contributed by atoms with van der Waals surface area (Å²) in [7, 11) is 0. The van der Waals surface area contributed by atoms with Gasteiger partial charge in [0.25, 0.3) is 0 Å². The number of nitrogens with zero attached hydrogens (tertiary/aromatic N) is 4. The lowest BCUT2D eigenvalue weighted by molar-refractivity contribution is 0.672. The van der Waals surface area contributed by atoms with Crippen molar-refractivity contribution in [2.24, 2.45) is 0 Å². The lowest BCUT2D eigenvalue weighted by Gasteiger charge is -2.28. The van der Waals surface area contributed by atoms with Gasteiger partial charge in [-0.2, -0.15) is 10.2 Å². The Labute approximate surface area is 154 Å². The summed E-state index contributed by atoms with van der Waals surface area (Å²) in [6.07, 6.45) is 1.76. The fraction of sp³-hybridized carbons (Fsp3) is 0.190. The van der Waals surface area contributed by atoms with Crippen LogP contribution in [-0.4, -0.2) is 16.0 Å². The van der Waals surface area contributed by atoms with Gasteiger partial charge in [-0.3, -0.25) is 0 Å². The summed E-state index contributed by atoms with van der Waals surface area (Å²) in [6, 6.07) is 21.9. The number of nitrogens with one attached hydrogen (secondary N) is 1. The molecule has 1 aromatic heterocycles. The fourth-order valence-electron chi connectivity index (χ4n) is 2.63. The van der Waals surface area contributed by atoms with Crippen LogP contribution in [0.1, 0.15) is 25.0 Å². The zero-order valence-electron chi connectivity index (χ0n) is 14.9. The molecular formula is C21H21N5. The van der Waals surface area contributed by atoms with Crippen LogP contribution in [0.3, 0.4) is 0 Å². The molecule has 3 rings (SSSR count). The predicted octanol–water partition coefficient (Wildman–Crippen LogP) is 4.51. The number of aromatic nitrogens is 2. The second-order valence-electron chi connectivity index (χ2n) is 6.26. The largest absolute Gasteiger partial charge is 0.350 e. The summed E-state index contributed by atoms with van der Waals surface area (Å²) in [4.78, 5) is 11.2. The second-order valence-corrected chi connectivity index (χ2v) is 6.26. The zero-order chi connectivity index (χ0) is 18.4. The van der Waals surface area contributed by atoms with Crippen LogP contribution in [-0.2, 0) is 6.54 Å². The van der Waals surface area contributed by atoms with E-state index >= 15 is 0 Å². The van der Waals surface area contributed by atoms with Crippen molar-refractivity contribution in [2.75, 3.05) is 10.2 Å². The Hall–Kier alpha value is -3.39. The highest BCUT2D eigenvalue weighted by molar-refractivity contribution is 5.56. The molecule has 0 fully saturated rings. The van der Waals surface area contributed by atoms with E-state index in [2.05, 4.69) is 52.2 Å². The maximum Gasteiger partial charge on any atom is 0.229 e. The van der Waals surface area contributed by atoms with Crippen molar-refractivity contribution in [3.8, 4) is 6.07 Å². The van der Waals surface area contributed by atoms with E-state index in [0.29, 0.717) is 17.6 Å². The van der Waals surface area contributed by atoms with Crippen molar-refractivity contribution in [2.45, 2.75) is 26.4 Å². The third kappa shape index (κ3) is 4.37. The summed E-state index contributed by atoms with van der Waals surface area (Å²) in [5, 5.41) is 12.1. The van der Waals surface area contributed by atoms with Crippen LogP contribution in [0.15, 0.2) is 66.9 Å². The van der Waals surface area contributed by atoms with Crippen molar-refractivity contribution < 1.29 is 0 Å². The van der Waals surface area contributed by atoms with Crippen molar-refractivity contribution >= 4 is 17.5 Å². The Balaban J connectivity index is 1.80. The van der Waals surface area contributed by atoms with Gasteiger partial charge in [0.05, 0.1) is 11.6 Å². The van der Waals surface area contributed by atoms with Crippen molar-refractivity contribution in [3.63, 3.8) is 0 Å². The van der Waals surface area contributed by atoms with Crippen molar-refractivity contribution in [1.82, 2.24) is 9.97 Å². The number of anilines is 3. The molecule has 0 amide bonds. The van der Waals surface area contributed by atoms with Crippen LogP contribution in [0, 0.1) is 11.3 Å². The first-order valence-corrected chi connectivity index (χ1v) is 8.56. The average Bonchev–Trinajstić information content (AvgIpc) is 2.67. The van der Waals surface area contributed by atoms with Gasteiger partial charge in [-0.15, -0.1) is 0 Å². The molecule has 0 atom stereocenters. The molecule has 0 aliphatic rings. The summed E-state index contributed by atoms with van der Waals surface area (Å²) in [6.45, 7) is 5.09. The summed E-state index contributed by atoms with van der Waals surface area (Å²) in [5.41, 5.74) is 2.71. The topological polar surface area (TPSA) is 64.8 Å². The summed E-state index contributed by atoms with van der Waals surface area (Å²) in [5.74, 6) is 1.40. The first kappa shape index (κ1) is 17.4. The molecule has 3 aromatic rings. The molecule has 0 aliphatic carbocycles. The molecule has 0 spiro atoms. The van der Waals surface area contributed by atoms with E-state index in [1.807, 2.05) is 36.4 Å². The fourth-order valence-corrected chi connectivity index (χ4v) is 2.63. The summed E-state index contributed by atoms with van der Waals surface area (Å²) >= 11 is 0. The zero-order valence-corrected chi connectivity index (χ0v) is 14.9. The Morgan fingerprint density at radius 1 is 1.04 bits per heavy atom. The van der Waals surface area contributed by atoms with Crippen LogP contribution in [0.2, 0.25) is 0 Å². The van der Waals surface area contributed by atoms with Crippen LogP contribution >= 0.6 is 0 Å². The van der Waals surface area contributed by atoms with E-state index in [4.69, 9.17) is 5.26 Å². The molecule has 0 unspecified atom stereocenters. The average molecular weight is 343 g/mol. The maximum absolute atomic E-state index is 8.89. The Kier molecular flexibility index (Phi) is 5.45. The molecule has 26 heavy (non-hydrogen) atoms. The van der Waals surface area contributed by atoms with Crippen LogP contribution in [0.25, 0.3) is 0 Å². The second kappa shape index (κ2) is 8.13. The molecule has 5 heteroatoms. The smallest absolute Gasteiger partial charge is 0.229 e. The minimum atomic E-state index is 0.299. The van der Waals surface area contributed by atoms with Gasteiger partial charge in [0.15, 0.2) is 0 Å². The Morgan fingerprint density at radius 3 is 2.42 bits per heavy atom. The third-order valence-corrected chi connectivity index (χ3v) is 4.02. The molecule has 130 valence electrons. The molecule has 0 radical (unpaired) electrons. The van der Waals surface area contributed by atoms with Gasteiger partial charge in [-0.05, 0) is 49.7 Å². The van der Waals surface area contributed by atoms with Crippen LogP contribution < -0.4 is 10.2 Å². The monoisotopic (exact) mass is 343 g/mol. The van der Waals surface area contributed by atoms with Crippen LogP contribution in [0.4, 0.5) is 17.5 Å². The minimum absolute atomic E-state index is 0.299. The van der Waals surface area contributed by atoms with Crippen molar-refractivity contribution in [3.05, 3.63) is 78.0 Å².